The van der Waals surface area contributed by atoms with E-state index in [0.29, 0.717) is 11.3 Å². The van der Waals surface area contributed by atoms with Crippen LogP contribution in [0.5, 0.6) is 23.0 Å². The van der Waals surface area contributed by atoms with Gasteiger partial charge in [-0.3, -0.25) is 4.79 Å². The Labute approximate surface area is 156 Å². The summed E-state index contributed by atoms with van der Waals surface area (Å²) in [7, 11) is 1.42. The van der Waals surface area contributed by atoms with Gasteiger partial charge in [0.05, 0.1) is 13.3 Å². The van der Waals surface area contributed by atoms with Gasteiger partial charge in [-0.2, -0.15) is 5.10 Å². The summed E-state index contributed by atoms with van der Waals surface area (Å²) >= 11 is 0. The highest BCUT2D eigenvalue weighted by atomic mass is 16.5. The number of benzene rings is 3. The predicted molar refractivity (Wildman–Crippen MR) is 103 cm³/mol. The number of para-hydroxylation sites is 1. The topological polar surface area (TPSA) is 80.2 Å². The zero-order valence-corrected chi connectivity index (χ0v) is 14.6. The van der Waals surface area contributed by atoms with Crippen molar-refractivity contribution in [3.8, 4) is 23.0 Å². The molecule has 3 aromatic carbocycles. The van der Waals surface area contributed by atoms with Gasteiger partial charge in [0.2, 0.25) is 0 Å². The molecule has 0 fully saturated rings. The van der Waals surface area contributed by atoms with Crippen molar-refractivity contribution in [1.82, 2.24) is 5.43 Å². The molecule has 0 spiro atoms. The van der Waals surface area contributed by atoms with Gasteiger partial charge < -0.3 is 14.6 Å². The average Bonchev–Trinajstić information content (AvgIpc) is 2.69. The number of phenols is 1. The number of phenolic OH excluding ortho intramolecular Hbond substituents is 1. The molecule has 6 heteroatoms. The van der Waals surface area contributed by atoms with E-state index in [4.69, 9.17) is 9.47 Å². The summed E-state index contributed by atoms with van der Waals surface area (Å²) in [5.41, 5.74) is 3.53. The number of hydrogen-bond donors (Lipinski definition) is 2. The molecule has 6 nitrogen and oxygen atoms in total. The summed E-state index contributed by atoms with van der Waals surface area (Å²) < 4.78 is 10.8. The van der Waals surface area contributed by atoms with Crippen LogP contribution in [0.3, 0.4) is 0 Å². The number of methoxy groups -OCH3 is 1. The van der Waals surface area contributed by atoms with Crippen molar-refractivity contribution in [2.75, 3.05) is 7.11 Å². The van der Waals surface area contributed by atoms with E-state index in [9.17, 15) is 9.90 Å². The van der Waals surface area contributed by atoms with Gasteiger partial charge in [0.25, 0.3) is 5.91 Å². The minimum atomic E-state index is -0.416. The van der Waals surface area contributed by atoms with Crippen LogP contribution in [-0.2, 0) is 0 Å². The van der Waals surface area contributed by atoms with Crippen molar-refractivity contribution in [1.29, 1.82) is 0 Å². The fourth-order valence-electron chi connectivity index (χ4n) is 2.33. The maximum absolute atomic E-state index is 12.1. The molecule has 0 aliphatic rings. The first-order valence-electron chi connectivity index (χ1n) is 8.19. The second-order valence-electron chi connectivity index (χ2n) is 5.57. The Hall–Kier alpha value is -3.80. The van der Waals surface area contributed by atoms with Crippen molar-refractivity contribution < 1.29 is 19.4 Å². The number of carbonyl (C=O) groups is 1. The average molecular weight is 362 g/mol. The highest BCUT2D eigenvalue weighted by molar-refractivity contribution is 5.95. The number of nitrogens with zero attached hydrogens (tertiary/aromatic N) is 1. The standard InChI is InChI=1S/C21H18N2O4/c1-26-20-13-16(10-11-19(20)24)21(25)23-22-14-15-6-5-9-18(12-15)27-17-7-3-2-4-8-17/h2-14,24H,1H3,(H,23,25)/b22-14+. The third-order valence-electron chi connectivity index (χ3n) is 3.66. The van der Waals surface area contributed by atoms with E-state index < -0.39 is 5.91 Å². The summed E-state index contributed by atoms with van der Waals surface area (Å²) in [5.74, 6) is 1.17. The summed E-state index contributed by atoms with van der Waals surface area (Å²) in [6.07, 6.45) is 1.52. The molecule has 0 atom stereocenters. The Bertz CT molecular complexity index is 955. The van der Waals surface area contributed by atoms with Crippen LogP contribution in [0.1, 0.15) is 15.9 Å². The van der Waals surface area contributed by atoms with E-state index in [2.05, 4.69) is 10.5 Å². The molecule has 2 N–H and O–H groups in total. The first-order chi connectivity index (χ1) is 13.2. The molecule has 0 radical (unpaired) electrons. The molecular formula is C21H18N2O4. The van der Waals surface area contributed by atoms with Crippen molar-refractivity contribution in [2.24, 2.45) is 5.10 Å². The van der Waals surface area contributed by atoms with E-state index in [1.54, 1.807) is 0 Å². The number of amides is 1. The van der Waals surface area contributed by atoms with Gasteiger partial charge in [0, 0.05) is 5.56 Å². The zero-order chi connectivity index (χ0) is 19.1. The van der Waals surface area contributed by atoms with Crippen LogP contribution in [0.25, 0.3) is 0 Å². The smallest absolute Gasteiger partial charge is 0.271 e. The fraction of sp³-hybridized carbons (Fsp3) is 0.0476. The molecule has 136 valence electrons. The zero-order valence-electron chi connectivity index (χ0n) is 14.6. The van der Waals surface area contributed by atoms with Gasteiger partial charge in [-0.15, -0.1) is 0 Å². The third-order valence-corrected chi connectivity index (χ3v) is 3.66. The molecular weight excluding hydrogens is 344 g/mol. The second kappa shape index (κ2) is 8.53. The third kappa shape index (κ3) is 4.85. The molecule has 0 heterocycles. The number of hydrazone groups is 1. The van der Waals surface area contributed by atoms with Gasteiger partial charge in [-0.25, -0.2) is 5.43 Å². The lowest BCUT2D eigenvalue weighted by molar-refractivity contribution is 0.0954. The monoisotopic (exact) mass is 362 g/mol. The molecule has 3 aromatic rings. The quantitative estimate of drug-likeness (QED) is 0.514. The number of aromatic hydroxyl groups is 1. The predicted octanol–water partition coefficient (Wildman–Crippen LogP) is 3.96. The van der Waals surface area contributed by atoms with Gasteiger partial charge in [0.1, 0.15) is 11.5 Å². The van der Waals surface area contributed by atoms with Crippen molar-refractivity contribution in [3.05, 3.63) is 83.9 Å². The van der Waals surface area contributed by atoms with Crippen LogP contribution in [0.2, 0.25) is 0 Å². The second-order valence-corrected chi connectivity index (χ2v) is 5.57. The molecule has 0 saturated carbocycles. The van der Waals surface area contributed by atoms with Gasteiger partial charge in [0.15, 0.2) is 11.5 Å². The first-order valence-corrected chi connectivity index (χ1v) is 8.19. The van der Waals surface area contributed by atoms with Gasteiger partial charge >= 0.3 is 0 Å². The lowest BCUT2D eigenvalue weighted by atomic mass is 10.2. The van der Waals surface area contributed by atoms with E-state index in [1.807, 2.05) is 54.6 Å². The Balaban J connectivity index is 1.64. The Morgan fingerprint density at radius 3 is 2.56 bits per heavy atom. The SMILES string of the molecule is COc1cc(C(=O)N/N=C/c2cccc(Oc3ccccc3)c2)ccc1O. The first kappa shape index (κ1) is 18.0. The molecule has 0 aliphatic carbocycles. The molecule has 0 unspecified atom stereocenters. The van der Waals surface area contributed by atoms with Crippen LogP contribution in [0, 0.1) is 0 Å². The summed E-state index contributed by atoms with van der Waals surface area (Å²) in [6.45, 7) is 0. The van der Waals surface area contributed by atoms with Crippen molar-refractivity contribution in [2.45, 2.75) is 0 Å². The maximum atomic E-state index is 12.1. The van der Waals surface area contributed by atoms with E-state index in [0.717, 1.165) is 11.3 Å². The van der Waals surface area contributed by atoms with Crippen LogP contribution in [0.4, 0.5) is 0 Å². The van der Waals surface area contributed by atoms with Crippen LogP contribution in [0.15, 0.2) is 77.9 Å². The molecule has 0 aliphatic heterocycles. The fourth-order valence-corrected chi connectivity index (χ4v) is 2.33. The summed E-state index contributed by atoms with van der Waals surface area (Å²) in [5, 5.41) is 13.5. The van der Waals surface area contributed by atoms with E-state index in [-0.39, 0.29) is 11.5 Å². The largest absolute Gasteiger partial charge is 0.504 e. The van der Waals surface area contributed by atoms with Gasteiger partial charge in [-0.05, 0) is 48.0 Å². The van der Waals surface area contributed by atoms with Crippen LogP contribution < -0.4 is 14.9 Å². The summed E-state index contributed by atoms with van der Waals surface area (Å²) in [4.78, 5) is 12.1. The van der Waals surface area contributed by atoms with E-state index in [1.165, 1.54) is 31.5 Å². The molecule has 0 bridgehead atoms. The minimum Gasteiger partial charge on any atom is -0.504 e. The lowest BCUT2D eigenvalue weighted by Crippen LogP contribution is -2.17. The van der Waals surface area contributed by atoms with Crippen LogP contribution in [-0.4, -0.2) is 24.3 Å². The highest BCUT2D eigenvalue weighted by Crippen LogP contribution is 2.26. The number of hydrogen-bond acceptors (Lipinski definition) is 5. The normalized spacial score (nSPS) is 10.6. The van der Waals surface area contributed by atoms with Gasteiger partial charge in [-0.1, -0.05) is 30.3 Å². The van der Waals surface area contributed by atoms with Crippen molar-refractivity contribution in [3.63, 3.8) is 0 Å². The number of rotatable bonds is 6. The maximum Gasteiger partial charge on any atom is 0.271 e. The Morgan fingerprint density at radius 2 is 1.78 bits per heavy atom. The van der Waals surface area contributed by atoms with Crippen molar-refractivity contribution >= 4 is 12.1 Å². The molecule has 1 amide bonds. The van der Waals surface area contributed by atoms with Crippen LogP contribution >= 0.6 is 0 Å². The number of carbonyl (C=O) groups excluding carboxylic acids is 1. The Kier molecular flexibility index (Phi) is 5.69. The van der Waals surface area contributed by atoms with E-state index >= 15 is 0 Å². The molecule has 3 rings (SSSR count). The molecule has 27 heavy (non-hydrogen) atoms. The highest BCUT2D eigenvalue weighted by Gasteiger charge is 2.08. The molecule has 0 saturated heterocycles. The lowest BCUT2D eigenvalue weighted by Gasteiger charge is -2.06. The Morgan fingerprint density at radius 1 is 1.00 bits per heavy atom. The number of ether oxygens (including phenoxy) is 2. The minimum absolute atomic E-state index is 0.0345. The number of nitrogens with one attached hydrogen (secondary N) is 1. The summed E-state index contributed by atoms with van der Waals surface area (Å²) in [6, 6.07) is 21.1. The molecule has 0 aromatic heterocycles.